The molecule has 3 heterocycles. The Balaban J connectivity index is 1.60. The average Bonchev–Trinajstić information content (AvgIpc) is 2.94. The second-order valence-electron chi connectivity index (χ2n) is 10.7. The number of rotatable bonds is 3. The lowest BCUT2D eigenvalue weighted by atomic mass is 9.67. The SMILES string of the molecule is CCN1CCN2c3cccc(Cl)c3CC3(C(=O)N(c4ccc(C)cc4)C(=O)N(c4ccc(C)cc4)C3=O)[C@H]2C1. The van der Waals surface area contributed by atoms with E-state index in [0.717, 1.165) is 35.5 Å². The minimum Gasteiger partial charge on any atom is -0.364 e. The first kappa shape index (κ1) is 25.6. The van der Waals surface area contributed by atoms with E-state index < -0.39 is 29.3 Å². The number of amides is 4. The van der Waals surface area contributed by atoms with Crippen LogP contribution in [-0.4, -0.2) is 55.0 Å². The Morgan fingerprint density at radius 1 is 0.821 bits per heavy atom. The van der Waals surface area contributed by atoms with Crippen LogP contribution >= 0.6 is 11.6 Å². The zero-order chi connectivity index (χ0) is 27.5. The Morgan fingerprint density at radius 3 is 1.92 bits per heavy atom. The molecule has 8 heteroatoms. The summed E-state index contributed by atoms with van der Waals surface area (Å²) in [6, 6.07) is 19.1. The molecular weight excluding hydrogens is 512 g/mol. The van der Waals surface area contributed by atoms with Gasteiger partial charge in [-0.25, -0.2) is 14.6 Å². The number of anilines is 3. The van der Waals surface area contributed by atoms with E-state index in [9.17, 15) is 14.4 Å². The summed E-state index contributed by atoms with van der Waals surface area (Å²) in [5.41, 5.74) is 3.08. The van der Waals surface area contributed by atoms with Gasteiger partial charge < -0.3 is 4.90 Å². The van der Waals surface area contributed by atoms with Crippen molar-refractivity contribution < 1.29 is 14.4 Å². The van der Waals surface area contributed by atoms with Crippen LogP contribution in [0.3, 0.4) is 0 Å². The Hall–Kier alpha value is -3.68. The molecule has 7 nitrogen and oxygen atoms in total. The third kappa shape index (κ3) is 3.86. The maximum atomic E-state index is 14.8. The number of barbiturate groups is 1. The van der Waals surface area contributed by atoms with E-state index in [-0.39, 0.29) is 6.42 Å². The maximum absolute atomic E-state index is 14.8. The Bertz CT molecular complexity index is 1400. The van der Waals surface area contributed by atoms with Crippen LogP contribution in [0.5, 0.6) is 0 Å². The Morgan fingerprint density at radius 2 is 1.38 bits per heavy atom. The fourth-order valence-corrected chi connectivity index (χ4v) is 6.50. The standard InChI is InChI=1S/C31H31ClN4O3/c1-4-33-16-17-34-26-7-5-6-25(32)24(26)18-31(27(34)19-33)28(37)35(22-12-8-20(2)9-13-22)30(39)36(29(31)38)23-14-10-21(3)11-15-23/h5-15,27H,4,16-19H2,1-3H3/t27-/m1/s1. The van der Waals surface area contributed by atoms with Gasteiger partial charge in [0.15, 0.2) is 5.41 Å². The second kappa shape index (κ2) is 9.50. The summed E-state index contributed by atoms with van der Waals surface area (Å²) >= 11 is 6.74. The molecule has 6 rings (SSSR count). The number of benzene rings is 3. The van der Waals surface area contributed by atoms with Crippen LogP contribution in [0.2, 0.25) is 5.02 Å². The van der Waals surface area contributed by atoms with Crippen molar-refractivity contribution in [3.05, 3.63) is 88.4 Å². The van der Waals surface area contributed by atoms with Gasteiger partial charge in [-0.3, -0.25) is 14.5 Å². The van der Waals surface area contributed by atoms with Crippen molar-refractivity contribution in [3.63, 3.8) is 0 Å². The number of hydrogen-bond acceptors (Lipinski definition) is 5. The van der Waals surface area contributed by atoms with Crippen LogP contribution in [0.25, 0.3) is 0 Å². The van der Waals surface area contributed by atoms with Crippen LogP contribution < -0.4 is 14.7 Å². The lowest BCUT2D eigenvalue weighted by Crippen LogP contribution is -2.76. The smallest absolute Gasteiger partial charge is 0.342 e. The van der Waals surface area contributed by atoms with Gasteiger partial charge in [-0.15, -0.1) is 0 Å². The minimum atomic E-state index is -1.55. The molecule has 0 bridgehead atoms. The molecule has 3 aromatic carbocycles. The number of imide groups is 2. The normalized spacial score (nSPS) is 20.9. The van der Waals surface area contributed by atoms with Gasteiger partial charge in [0, 0.05) is 36.8 Å². The fraction of sp³-hybridized carbons (Fsp3) is 0.323. The molecule has 2 fully saturated rings. The molecular formula is C31H31ClN4O3. The monoisotopic (exact) mass is 542 g/mol. The topological polar surface area (TPSA) is 64.2 Å². The summed E-state index contributed by atoms with van der Waals surface area (Å²) in [4.78, 5) is 50.5. The third-order valence-electron chi connectivity index (χ3n) is 8.48. The van der Waals surface area contributed by atoms with Crippen molar-refractivity contribution in [3.8, 4) is 0 Å². The highest BCUT2D eigenvalue weighted by molar-refractivity contribution is 6.39. The molecule has 200 valence electrons. The van der Waals surface area contributed by atoms with Gasteiger partial charge in [-0.1, -0.05) is 60.0 Å². The number of halogens is 1. The number of carbonyl (C=O) groups is 3. The van der Waals surface area contributed by atoms with Gasteiger partial charge in [0.25, 0.3) is 11.8 Å². The number of nitrogens with zero attached hydrogens (tertiary/aromatic N) is 4. The number of hydrogen-bond donors (Lipinski definition) is 0. The highest BCUT2D eigenvalue weighted by atomic mass is 35.5. The number of fused-ring (bicyclic) bond motifs is 4. The number of piperazine rings is 1. The van der Waals surface area contributed by atoms with Crippen molar-refractivity contribution in [2.75, 3.05) is 40.9 Å². The molecule has 3 aliphatic heterocycles. The van der Waals surface area contributed by atoms with Crippen molar-refractivity contribution in [2.45, 2.75) is 33.2 Å². The minimum absolute atomic E-state index is 0.121. The summed E-state index contributed by atoms with van der Waals surface area (Å²) in [7, 11) is 0. The molecule has 39 heavy (non-hydrogen) atoms. The van der Waals surface area contributed by atoms with Crippen molar-refractivity contribution >= 4 is 46.5 Å². The van der Waals surface area contributed by atoms with Crippen molar-refractivity contribution in [1.82, 2.24) is 4.90 Å². The van der Waals surface area contributed by atoms with Crippen molar-refractivity contribution in [2.24, 2.45) is 5.41 Å². The summed E-state index contributed by atoms with van der Waals surface area (Å²) < 4.78 is 0. The van der Waals surface area contributed by atoms with Crippen LogP contribution in [0.15, 0.2) is 66.7 Å². The van der Waals surface area contributed by atoms with Crippen LogP contribution in [-0.2, 0) is 16.0 Å². The first-order valence-electron chi connectivity index (χ1n) is 13.4. The molecule has 3 aromatic rings. The first-order chi connectivity index (χ1) is 18.8. The first-order valence-corrected chi connectivity index (χ1v) is 13.8. The maximum Gasteiger partial charge on any atom is 0.342 e. The van der Waals surface area contributed by atoms with E-state index in [2.05, 4.69) is 16.7 Å². The van der Waals surface area contributed by atoms with Crippen molar-refractivity contribution in [1.29, 1.82) is 0 Å². The van der Waals surface area contributed by atoms with Crippen LogP contribution in [0, 0.1) is 19.3 Å². The quantitative estimate of drug-likeness (QED) is 0.425. The molecule has 0 N–H and O–H groups in total. The van der Waals surface area contributed by atoms with Gasteiger partial charge in [0.05, 0.1) is 17.4 Å². The van der Waals surface area contributed by atoms with Crippen LogP contribution in [0.1, 0.15) is 23.6 Å². The summed E-state index contributed by atoms with van der Waals surface area (Å²) in [5, 5.41) is 0.518. The Labute approximate surface area is 233 Å². The molecule has 1 spiro atoms. The van der Waals surface area contributed by atoms with E-state index >= 15 is 0 Å². The zero-order valence-corrected chi connectivity index (χ0v) is 23.1. The molecule has 0 aliphatic carbocycles. The number of aryl methyl sites for hydroxylation is 2. The third-order valence-corrected chi connectivity index (χ3v) is 8.83. The van der Waals surface area contributed by atoms with E-state index in [4.69, 9.17) is 11.6 Å². The summed E-state index contributed by atoms with van der Waals surface area (Å²) in [6.07, 6.45) is 0.121. The van der Waals surface area contributed by atoms with Gasteiger partial charge in [-0.05, 0) is 62.4 Å². The van der Waals surface area contributed by atoms with E-state index in [1.165, 1.54) is 9.80 Å². The second-order valence-corrected chi connectivity index (χ2v) is 11.1. The molecule has 2 saturated heterocycles. The highest BCUT2D eigenvalue weighted by Gasteiger charge is 2.65. The highest BCUT2D eigenvalue weighted by Crippen LogP contribution is 2.50. The summed E-state index contributed by atoms with van der Waals surface area (Å²) in [5.74, 6) is -0.994. The molecule has 4 amide bonds. The fourth-order valence-electron chi connectivity index (χ4n) is 6.27. The lowest BCUT2D eigenvalue weighted by molar-refractivity contribution is -0.143. The molecule has 0 unspecified atom stereocenters. The van der Waals surface area contributed by atoms with E-state index in [1.54, 1.807) is 30.3 Å². The predicted molar refractivity (Wildman–Crippen MR) is 154 cm³/mol. The van der Waals surface area contributed by atoms with E-state index in [0.29, 0.717) is 29.5 Å². The van der Waals surface area contributed by atoms with Gasteiger partial charge in [-0.2, -0.15) is 0 Å². The predicted octanol–water partition coefficient (Wildman–Crippen LogP) is 5.21. The van der Waals surface area contributed by atoms with Gasteiger partial charge in [0.1, 0.15) is 0 Å². The van der Waals surface area contributed by atoms with Gasteiger partial charge >= 0.3 is 6.03 Å². The molecule has 0 radical (unpaired) electrons. The Kier molecular flexibility index (Phi) is 6.24. The number of carbonyl (C=O) groups excluding carboxylic acids is 3. The molecule has 0 aromatic heterocycles. The summed E-state index contributed by atoms with van der Waals surface area (Å²) in [6.45, 7) is 8.77. The molecule has 3 aliphatic rings. The molecule has 0 saturated carbocycles. The number of urea groups is 1. The average molecular weight is 543 g/mol. The number of likely N-dealkylation sites (N-methyl/N-ethyl adjacent to an activating group) is 1. The zero-order valence-electron chi connectivity index (χ0n) is 22.4. The van der Waals surface area contributed by atoms with Gasteiger partial charge in [0.2, 0.25) is 0 Å². The van der Waals surface area contributed by atoms with E-state index in [1.807, 2.05) is 50.2 Å². The molecule has 1 atom stereocenters. The van der Waals surface area contributed by atoms with Crippen LogP contribution in [0.4, 0.5) is 21.9 Å². The lowest BCUT2D eigenvalue weighted by Gasteiger charge is -2.56. The largest absolute Gasteiger partial charge is 0.364 e.